The Hall–Kier alpha value is -3.21. The van der Waals surface area contributed by atoms with Crippen molar-refractivity contribution in [2.24, 2.45) is 0 Å². The number of aromatic nitrogens is 2. The van der Waals surface area contributed by atoms with Crippen molar-refractivity contribution in [3.05, 3.63) is 71.8 Å². The van der Waals surface area contributed by atoms with Crippen LogP contribution < -0.4 is 10.2 Å². The van der Waals surface area contributed by atoms with E-state index in [-0.39, 0.29) is 5.91 Å². The maximum atomic E-state index is 12.4. The van der Waals surface area contributed by atoms with Crippen molar-refractivity contribution in [3.63, 3.8) is 0 Å². The Balaban J connectivity index is 1.46. The summed E-state index contributed by atoms with van der Waals surface area (Å²) in [4.78, 5) is 14.7. The fourth-order valence-corrected chi connectivity index (χ4v) is 3.31. The molecule has 0 aliphatic carbocycles. The molecule has 5 heteroatoms. The minimum Gasteiger partial charge on any atom is -0.355 e. The van der Waals surface area contributed by atoms with Crippen LogP contribution in [0.3, 0.4) is 0 Å². The van der Waals surface area contributed by atoms with Gasteiger partial charge in [0.2, 0.25) is 0 Å². The van der Waals surface area contributed by atoms with E-state index in [2.05, 4.69) is 20.4 Å². The number of hydrogen-bond acceptors (Lipinski definition) is 4. The molecule has 136 valence electrons. The highest BCUT2D eigenvalue weighted by atomic mass is 16.1. The van der Waals surface area contributed by atoms with E-state index < -0.39 is 0 Å². The number of hydrogen-bond donors (Lipinski definition) is 1. The van der Waals surface area contributed by atoms with Crippen LogP contribution in [-0.2, 0) is 0 Å². The van der Waals surface area contributed by atoms with Gasteiger partial charge < -0.3 is 10.2 Å². The number of rotatable bonds is 4. The van der Waals surface area contributed by atoms with Crippen molar-refractivity contribution in [1.82, 2.24) is 10.2 Å². The first-order valence-corrected chi connectivity index (χ1v) is 9.26. The third-order valence-electron chi connectivity index (χ3n) is 4.80. The van der Waals surface area contributed by atoms with Gasteiger partial charge in [0.05, 0.1) is 5.69 Å². The molecule has 0 spiro atoms. The summed E-state index contributed by atoms with van der Waals surface area (Å²) in [5.74, 6) is 0.813. The molecule has 1 N–H and O–H groups in total. The SMILES string of the molecule is Cc1cccc(NC(=O)c2ccc(-c3ccc(N4CCCC4)nn3)cc2)c1. The molecule has 0 radical (unpaired) electrons. The molecular formula is C22H22N4O. The van der Waals surface area contributed by atoms with Gasteiger partial charge in [-0.05, 0) is 61.7 Å². The molecule has 5 nitrogen and oxygen atoms in total. The second-order valence-electron chi connectivity index (χ2n) is 6.87. The van der Waals surface area contributed by atoms with Gasteiger partial charge in [-0.3, -0.25) is 4.79 Å². The topological polar surface area (TPSA) is 58.1 Å². The Morgan fingerprint density at radius 1 is 0.963 bits per heavy atom. The normalized spacial score (nSPS) is 13.6. The van der Waals surface area contributed by atoms with Crippen molar-refractivity contribution >= 4 is 17.4 Å². The average Bonchev–Trinajstić information content (AvgIpc) is 3.23. The first-order valence-electron chi connectivity index (χ1n) is 9.26. The van der Waals surface area contributed by atoms with Crippen LogP contribution in [0, 0.1) is 6.92 Å². The highest BCUT2D eigenvalue weighted by Gasteiger charge is 2.14. The van der Waals surface area contributed by atoms with Gasteiger partial charge in [-0.15, -0.1) is 10.2 Å². The zero-order chi connectivity index (χ0) is 18.6. The van der Waals surface area contributed by atoms with E-state index in [0.29, 0.717) is 5.56 Å². The van der Waals surface area contributed by atoms with Gasteiger partial charge in [0, 0.05) is 29.9 Å². The molecule has 2 heterocycles. The summed E-state index contributed by atoms with van der Waals surface area (Å²) in [6.45, 7) is 4.11. The Kier molecular flexibility index (Phi) is 4.83. The standard InChI is InChI=1S/C22H22N4O/c1-16-5-4-6-19(15-16)23-22(27)18-9-7-17(8-10-18)20-11-12-21(25-24-20)26-13-2-3-14-26/h4-12,15H,2-3,13-14H2,1H3,(H,23,27). The highest BCUT2D eigenvalue weighted by Crippen LogP contribution is 2.22. The van der Waals surface area contributed by atoms with Crippen molar-refractivity contribution in [2.45, 2.75) is 19.8 Å². The summed E-state index contributed by atoms with van der Waals surface area (Å²) in [5.41, 5.74) is 4.28. The second-order valence-corrected chi connectivity index (χ2v) is 6.87. The van der Waals surface area contributed by atoms with E-state index in [9.17, 15) is 4.79 Å². The van der Waals surface area contributed by atoms with Crippen LogP contribution in [0.5, 0.6) is 0 Å². The number of aryl methyl sites for hydroxylation is 1. The van der Waals surface area contributed by atoms with Crippen molar-refractivity contribution < 1.29 is 4.79 Å². The third kappa shape index (κ3) is 3.97. The van der Waals surface area contributed by atoms with Crippen LogP contribution in [0.2, 0.25) is 0 Å². The second kappa shape index (κ2) is 7.58. The molecular weight excluding hydrogens is 336 g/mol. The number of nitrogens with one attached hydrogen (secondary N) is 1. The van der Waals surface area contributed by atoms with Gasteiger partial charge in [-0.1, -0.05) is 24.3 Å². The maximum absolute atomic E-state index is 12.4. The molecule has 1 saturated heterocycles. The summed E-state index contributed by atoms with van der Waals surface area (Å²) in [7, 11) is 0. The molecule has 4 rings (SSSR count). The van der Waals surface area contributed by atoms with E-state index in [0.717, 1.165) is 41.4 Å². The highest BCUT2D eigenvalue weighted by molar-refractivity contribution is 6.04. The fourth-order valence-electron chi connectivity index (χ4n) is 3.31. The number of benzene rings is 2. The van der Waals surface area contributed by atoms with E-state index >= 15 is 0 Å². The average molecular weight is 358 g/mol. The number of carbonyl (C=O) groups is 1. The number of anilines is 2. The molecule has 1 aliphatic rings. The Morgan fingerprint density at radius 2 is 1.74 bits per heavy atom. The molecule has 27 heavy (non-hydrogen) atoms. The predicted octanol–water partition coefficient (Wildman–Crippen LogP) is 4.30. The monoisotopic (exact) mass is 358 g/mol. The van der Waals surface area contributed by atoms with E-state index in [1.165, 1.54) is 12.8 Å². The van der Waals surface area contributed by atoms with Crippen LogP contribution in [0.1, 0.15) is 28.8 Å². The summed E-state index contributed by atoms with van der Waals surface area (Å²) < 4.78 is 0. The van der Waals surface area contributed by atoms with Gasteiger partial charge in [-0.25, -0.2) is 0 Å². The fraction of sp³-hybridized carbons (Fsp3) is 0.227. The van der Waals surface area contributed by atoms with Crippen LogP contribution in [0.25, 0.3) is 11.3 Å². The lowest BCUT2D eigenvalue weighted by molar-refractivity contribution is 0.102. The molecule has 3 aromatic rings. The van der Waals surface area contributed by atoms with Crippen LogP contribution >= 0.6 is 0 Å². The zero-order valence-electron chi connectivity index (χ0n) is 15.4. The third-order valence-corrected chi connectivity index (χ3v) is 4.80. The quantitative estimate of drug-likeness (QED) is 0.755. The van der Waals surface area contributed by atoms with Gasteiger partial charge in [0.1, 0.15) is 0 Å². The lowest BCUT2D eigenvalue weighted by Crippen LogP contribution is -2.19. The minimum atomic E-state index is -0.123. The van der Waals surface area contributed by atoms with Gasteiger partial charge in [0.25, 0.3) is 5.91 Å². The van der Waals surface area contributed by atoms with E-state index in [1.807, 2.05) is 67.6 Å². The van der Waals surface area contributed by atoms with E-state index in [4.69, 9.17) is 0 Å². The lowest BCUT2D eigenvalue weighted by atomic mass is 10.1. The molecule has 0 atom stereocenters. The van der Waals surface area contributed by atoms with Gasteiger partial charge >= 0.3 is 0 Å². The van der Waals surface area contributed by atoms with Gasteiger partial charge in [-0.2, -0.15) is 0 Å². The number of nitrogens with zero attached hydrogens (tertiary/aromatic N) is 3. The van der Waals surface area contributed by atoms with Gasteiger partial charge in [0.15, 0.2) is 5.82 Å². The molecule has 0 bridgehead atoms. The summed E-state index contributed by atoms with van der Waals surface area (Å²) in [5, 5.41) is 11.6. The summed E-state index contributed by atoms with van der Waals surface area (Å²) in [6.07, 6.45) is 2.44. The first kappa shape index (κ1) is 17.2. The Labute approximate surface area is 159 Å². The number of amides is 1. The maximum Gasteiger partial charge on any atom is 0.255 e. The van der Waals surface area contributed by atoms with Crippen molar-refractivity contribution in [1.29, 1.82) is 0 Å². The molecule has 2 aromatic carbocycles. The first-order chi connectivity index (χ1) is 13.2. The largest absolute Gasteiger partial charge is 0.355 e. The van der Waals surface area contributed by atoms with Crippen LogP contribution in [-0.4, -0.2) is 29.2 Å². The molecule has 1 aromatic heterocycles. The van der Waals surface area contributed by atoms with Crippen LogP contribution in [0.4, 0.5) is 11.5 Å². The lowest BCUT2D eigenvalue weighted by Gasteiger charge is -2.15. The van der Waals surface area contributed by atoms with Crippen molar-refractivity contribution in [3.8, 4) is 11.3 Å². The molecule has 0 saturated carbocycles. The molecule has 1 fully saturated rings. The van der Waals surface area contributed by atoms with Crippen LogP contribution in [0.15, 0.2) is 60.7 Å². The van der Waals surface area contributed by atoms with Crippen molar-refractivity contribution in [2.75, 3.05) is 23.3 Å². The molecule has 1 amide bonds. The smallest absolute Gasteiger partial charge is 0.255 e. The molecule has 1 aliphatic heterocycles. The Morgan fingerprint density at radius 3 is 2.41 bits per heavy atom. The minimum absolute atomic E-state index is 0.123. The predicted molar refractivity (Wildman–Crippen MR) is 108 cm³/mol. The Bertz CT molecular complexity index is 929. The summed E-state index contributed by atoms with van der Waals surface area (Å²) >= 11 is 0. The van der Waals surface area contributed by atoms with E-state index in [1.54, 1.807) is 0 Å². The molecule has 0 unspecified atom stereocenters. The summed E-state index contributed by atoms with van der Waals surface area (Å²) in [6, 6.07) is 19.2. The number of carbonyl (C=O) groups excluding carboxylic acids is 1. The zero-order valence-corrected chi connectivity index (χ0v) is 15.4.